The monoisotopic (exact) mass is 543 g/mol. The molecule has 3 nitrogen and oxygen atoms in total. The molecule has 82 valence electrons. The van der Waals surface area contributed by atoms with E-state index in [4.69, 9.17) is 10.8 Å². The fourth-order valence-electron chi connectivity index (χ4n) is 1.07. The molecule has 0 fully saturated rings. The number of hydrogen-bond donors (Lipinski definition) is 2. The van der Waals surface area contributed by atoms with E-state index in [1.54, 1.807) is 0 Å². The van der Waals surface area contributed by atoms with Gasteiger partial charge in [0.1, 0.15) is 6.04 Å². The first-order valence-electron chi connectivity index (χ1n) is 4.03. The molecule has 0 aliphatic rings. The Morgan fingerprint density at radius 2 is 1.80 bits per heavy atom. The van der Waals surface area contributed by atoms with Gasteiger partial charge in [-0.2, -0.15) is 0 Å². The van der Waals surface area contributed by atoms with Crippen LogP contribution in [0.5, 0.6) is 0 Å². The first kappa shape index (κ1) is 13.9. The molecule has 1 atom stereocenters. The highest BCUT2D eigenvalue weighted by atomic mass is 127. The van der Waals surface area contributed by atoms with E-state index < -0.39 is 12.0 Å². The smallest absolute Gasteiger partial charge is 0.320 e. The number of benzene rings is 1. The maximum atomic E-state index is 10.7. The standard InChI is InChI=1S/C9H8I3NO2/c10-4-1-6(11)5(7(12)2-4)3-8(13)9(14)15/h1-2,8H,3,13H2,(H,14,15). The average Bonchev–Trinajstić information content (AvgIpc) is 2.10. The number of rotatable bonds is 3. The molecule has 0 heterocycles. The van der Waals surface area contributed by atoms with Gasteiger partial charge in [0.15, 0.2) is 0 Å². The van der Waals surface area contributed by atoms with Crippen LogP contribution in [0.2, 0.25) is 0 Å². The van der Waals surface area contributed by atoms with Crippen molar-refractivity contribution in [3.05, 3.63) is 28.4 Å². The summed E-state index contributed by atoms with van der Waals surface area (Å²) in [6.07, 6.45) is 0.378. The SMILES string of the molecule is NC(Cc1c(I)cc(I)cc1I)C(=O)O. The molecule has 3 N–H and O–H groups in total. The second-order valence-electron chi connectivity index (χ2n) is 3.00. The van der Waals surface area contributed by atoms with Crippen molar-refractivity contribution < 1.29 is 9.90 Å². The molecular weight excluding hydrogens is 535 g/mol. The van der Waals surface area contributed by atoms with Crippen LogP contribution in [0.3, 0.4) is 0 Å². The number of nitrogens with two attached hydrogens (primary N) is 1. The van der Waals surface area contributed by atoms with Crippen molar-refractivity contribution in [3.63, 3.8) is 0 Å². The Kier molecular flexibility index (Phi) is 5.52. The number of carboxylic acids is 1. The van der Waals surface area contributed by atoms with Gasteiger partial charge in [0.05, 0.1) is 0 Å². The summed E-state index contributed by atoms with van der Waals surface area (Å²) in [5, 5.41) is 8.75. The lowest BCUT2D eigenvalue weighted by Crippen LogP contribution is -2.32. The molecule has 0 aliphatic heterocycles. The third-order valence-corrected chi connectivity index (χ3v) is 4.39. The van der Waals surface area contributed by atoms with Gasteiger partial charge in [-0.05, 0) is 85.5 Å². The molecule has 1 aromatic rings. The van der Waals surface area contributed by atoms with Crippen LogP contribution in [0.15, 0.2) is 12.1 Å². The van der Waals surface area contributed by atoms with Crippen molar-refractivity contribution in [2.45, 2.75) is 12.5 Å². The summed E-state index contributed by atoms with van der Waals surface area (Å²) in [6, 6.07) is 3.22. The minimum Gasteiger partial charge on any atom is -0.480 e. The molecule has 1 rings (SSSR count). The lowest BCUT2D eigenvalue weighted by Gasteiger charge is -2.11. The van der Waals surface area contributed by atoms with Crippen molar-refractivity contribution in [3.8, 4) is 0 Å². The summed E-state index contributed by atoms with van der Waals surface area (Å²) in [5.41, 5.74) is 6.54. The van der Waals surface area contributed by atoms with Crippen molar-refractivity contribution in [2.75, 3.05) is 0 Å². The molecule has 0 bridgehead atoms. The summed E-state index contributed by atoms with van der Waals surface area (Å²) in [4.78, 5) is 10.7. The molecule has 0 amide bonds. The van der Waals surface area contributed by atoms with Gasteiger partial charge in [0.2, 0.25) is 0 Å². The Hall–Kier alpha value is 0.840. The van der Waals surface area contributed by atoms with Gasteiger partial charge >= 0.3 is 5.97 Å². The predicted molar refractivity (Wildman–Crippen MR) is 83.9 cm³/mol. The lowest BCUT2D eigenvalue weighted by molar-refractivity contribution is -0.138. The molecule has 0 saturated heterocycles. The quantitative estimate of drug-likeness (QED) is 0.577. The van der Waals surface area contributed by atoms with E-state index in [0.29, 0.717) is 6.42 Å². The van der Waals surface area contributed by atoms with Crippen molar-refractivity contribution in [2.24, 2.45) is 5.73 Å². The Bertz CT molecular complexity index is 372. The predicted octanol–water partition coefficient (Wildman–Crippen LogP) is 2.45. The Morgan fingerprint density at radius 3 is 2.20 bits per heavy atom. The zero-order chi connectivity index (χ0) is 11.6. The van der Waals surface area contributed by atoms with Crippen molar-refractivity contribution in [1.29, 1.82) is 0 Å². The summed E-state index contributed by atoms with van der Waals surface area (Å²) in [7, 11) is 0. The second-order valence-corrected chi connectivity index (χ2v) is 6.57. The van der Waals surface area contributed by atoms with E-state index in [2.05, 4.69) is 67.8 Å². The zero-order valence-corrected chi connectivity index (χ0v) is 14.0. The van der Waals surface area contributed by atoms with E-state index in [-0.39, 0.29) is 0 Å². The molecular formula is C9H8I3NO2. The number of hydrogen-bond acceptors (Lipinski definition) is 2. The van der Waals surface area contributed by atoms with E-state index in [1.807, 2.05) is 12.1 Å². The van der Waals surface area contributed by atoms with Gasteiger partial charge in [-0.25, -0.2) is 0 Å². The number of carbonyl (C=O) groups is 1. The van der Waals surface area contributed by atoms with Gasteiger partial charge in [0.25, 0.3) is 0 Å². The molecule has 1 aromatic carbocycles. The van der Waals surface area contributed by atoms with Gasteiger partial charge in [-0.1, -0.05) is 0 Å². The summed E-state index contributed by atoms with van der Waals surface area (Å²) in [5.74, 6) is -0.958. The third-order valence-electron chi connectivity index (χ3n) is 1.85. The van der Waals surface area contributed by atoms with Crippen LogP contribution in [0, 0.1) is 10.7 Å². The minimum atomic E-state index is -0.958. The van der Waals surface area contributed by atoms with Crippen LogP contribution >= 0.6 is 67.8 Å². The van der Waals surface area contributed by atoms with E-state index >= 15 is 0 Å². The first-order valence-corrected chi connectivity index (χ1v) is 7.27. The lowest BCUT2D eigenvalue weighted by atomic mass is 10.1. The minimum absolute atomic E-state index is 0.378. The topological polar surface area (TPSA) is 63.3 Å². The number of carboxylic acid groups (broad SMARTS) is 1. The molecule has 0 spiro atoms. The van der Waals surface area contributed by atoms with Gasteiger partial charge in [-0.15, -0.1) is 0 Å². The molecule has 0 aromatic heterocycles. The van der Waals surface area contributed by atoms with Crippen molar-refractivity contribution >= 4 is 73.7 Å². The zero-order valence-electron chi connectivity index (χ0n) is 7.51. The molecule has 0 radical (unpaired) electrons. The van der Waals surface area contributed by atoms with E-state index in [0.717, 1.165) is 16.3 Å². The highest BCUT2D eigenvalue weighted by molar-refractivity contribution is 14.1. The largest absolute Gasteiger partial charge is 0.480 e. The molecule has 15 heavy (non-hydrogen) atoms. The highest BCUT2D eigenvalue weighted by Gasteiger charge is 2.16. The fourth-order valence-corrected chi connectivity index (χ4v) is 5.10. The van der Waals surface area contributed by atoms with Crippen LogP contribution in [-0.2, 0) is 11.2 Å². The van der Waals surface area contributed by atoms with Crippen LogP contribution in [0.1, 0.15) is 5.56 Å². The van der Waals surface area contributed by atoms with E-state index in [1.165, 1.54) is 0 Å². The molecule has 0 saturated carbocycles. The molecule has 6 heteroatoms. The highest BCUT2D eigenvalue weighted by Crippen LogP contribution is 2.23. The number of aliphatic carboxylic acids is 1. The van der Waals surface area contributed by atoms with Gasteiger partial charge < -0.3 is 10.8 Å². The normalized spacial score (nSPS) is 12.5. The second kappa shape index (κ2) is 5.96. The average molecular weight is 543 g/mol. The fraction of sp³-hybridized carbons (Fsp3) is 0.222. The molecule has 1 unspecified atom stereocenters. The summed E-state index contributed by atoms with van der Waals surface area (Å²) >= 11 is 6.66. The summed E-state index contributed by atoms with van der Waals surface area (Å²) in [6.45, 7) is 0. The van der Waals surface area contributed by atoms with Crippen molar-refractivity contribution in [1.82, 2.24) is 0 Å². The summed E-state index contributed by atoms with van der Waals surface area (Å²) < 4.78 is 3.29. The maximum absolute atomic E-state index is 10.7. The van der Waals surface area contributed by atoms with Crippen LogP contribution < -0.4 is 5.73 Å². The Labute approximate surface area is 129 Å². The van der Waals surface area contributed by atoms with E-state index in [9.17, 15) is 4.79 Å². The molecule has 0 aliphatic carbocycles. The van der Waals surface area contributed by atoms with Crippen LogP contribution in [0.25, 0.3) is 0 Å². The van der Waals surface area contributed by atoms with Crippen LogP contribution in [0.4, 0.5) is 0 Å². The first-order chi connectivity index (χ1) is 6.91. The third kappa shape index (κ3) is 3.97. The Morgan fingerprint density at radius 1 is 1.33 bits per heavy atom. The van der Waals surface area contributed by atoms with Gasteiger partial charge in [-0.3, -0.25) is 4.79 Å². The Balaban J connectivity index is 3.00. The van der Waals surface area contributed by atoms with Gasteiger partial charge in [0, 0.05) is 17.1 Å². The number of halogens is 3. The maximum Gasteiger partial charge on any atom is 0.320 e. The van der Waals surface area contributed by atoms with Crippen LogP contribution in [-0.4, -0.2) is 17.1 Å².